The van der Waals surface area contributed by atoms with Gasteiger partial charge in [-0.2, -0.15) is 0 Å². The van der Waals surface area contributed by atoms with Crippen LogP contribution in [0.25, 0.3) is 5.57 Å². The van der Waals surface area contributed by atoms with Gasteiger partial charge in [0.05, 0.1) is 40.3 Å². The molecule has 0 unspecified atom stereocenters. The maximum absolute atomic E-state index is 12.5. The lowest BCUT2D eigenvalue weighted by Crippen LogP contribution is -2.27. The SMILES string of the molecule is COc1cc(NCCN(C)CCF)c([N+](=O)[O-])cc1Nc1ncc(Cl)c(C(=CN)c2ccccn2)n1. The van der Waals surface area contributed by atoms with Crippen molar-refractivity contribution in [3.8, 4) is 5.75 Å². The molecule has 0 saturated carbocycles. The average Bonchev–Trinajstić information content (AvgIpc) is 2.87. The Bertz CT molecular complexity index is 1230. The van der Waals surface area contributed by atoms with E-state index in [0.717, 1.165) is 0 Å². The Kier molecular flexibility index (Phi) is 9.31. The zero-order valence-electron chi connectivity index (χ0n) is 19.7. The van der Waals surface area contributed by atoms with Crippen molar-refractivity contribution in [3.63, 3.8) is 0 Å². The number of nitro benzene ring substituents is 1. The molecule has 0 spiro atoms. The highest BCUT2D eigenvalue weighted by molar-refractivity contribution is 6.32. The smallest absolute Gasteiger partial charge is 0.294 e. The second-order valence-electron chi connectivity index (χ2n) is 7.56. The molecule has 2 heterocycles. The lowest BCUT2D eigenvalue weighted by Gasteiger charge is -2.17. The molecule has 2 aromatic heterocycles. The number of benzene rings is 1. The van der Waals surface area contributed by atoms with Gasteiger partial charge in [-0.3, -0.25) is 15.1 Å². The normalized spacial score (nSPS) is 11.4. The predicted octanol–water partition coefficient (Wildman–Crippen LogP) is 3.85. The van der Waals surface area contributed by atoms with Crippen LogP contribution in [0.3, 0.4) is 0 Å². The first-order valence-electron chi connectivity index (χ1n) is 10.9. The second-order valence-corrected chi connectivity index (χ2v) is 7.96. The summed E-state index contributed by atoms with van der Waals surface area (Å²) in [6.07, 6.45) is 4.35. The molecule has 1 aromatic carbocycles. The fraction of sp³-hybridized carbons (Fsp3) is 0.261. The molecule has 0 saturated heterocycles. The van der Waals surface area contributed by atoms with Crippen LogP contribution in [0.4, 0.5) is 27.4 Å². The van der Waals surface area contributed by atoms with Gasteiger partial charge in [0.1, 0.15) is 18.1 Å². The van der Waals surface area contributed by atoms with E-state index in [1.54, 1.807) is 36.3 Å². The Hall–Kier alpha value is -4.03. The molecule has 0 amide bonds. The van der Waals surface area contributed by atoms with Crippen molar-refractivity contribution in [3.05, 3.63) is 75.5 Å². The average molecular weight is 517 g/mol. The summed E-state index contributed by atoms with van der Waals surface area (Å²) in [5.74, 6) is 0.436. The molecule has 0 aliphatic carbocycles. The number of anilines is 3. The van der Waals surface area contributed by atoms with E-state index in [1.165, 1.54) is 31.6 Å². The van der Waals surface area contributed by atoms with Gasteiger partial charge in [-0.05, 0) is 19.2 Å². The third-order valence-corrected chi connectivity index (χ3v) is 5.42. The Morgan fingerprint density at radius 1 is 1.31 bits per heavy atom. The Morgan fingerprint density at radius 3 is 2.75 bits per heavy atom. The summed E-state index contributed by atoms with van der Waals surface area (Å²) in [4.78, 5) is 26.0. The zero-order valence-corrected chi connectivity index (χ0v) is 20.5. The number of nitro groups is 1. The van der Waals surface area contributed by atoms with E-state index in [-0.39, 0.29) is 34.6 Å². The van der Waals surface area contributed by atoms with E-state index in [4.69, 9.17) is 22.1 Å². The van der Waals surface area contributed by atoms with E-state index < -0.39 is 11.6 Å². The summed E-state index contributed by atoms with van der Waals surface area (Å²) in [6, 6.07) is 8.16. The van der Waals surface area contributed by atoms with E-state index >= 15 is 0 Å². The topological polar surface area (TPSA) is 144 Å². The van der Waals surface area contributed by atoms with E-state index in [9.17, 15) is 14.5 Å². The predicted molar refractivity (Wildman–Crippen MR) is 137 cm³/mol. The molecular formula is C23H26ClFN8O3. The highest BCUT2D eigenvalue weighted by Crippen LogP contribution is 2.37. The van der Waals surface area contributed by atoms with Gasteiger partial charge < -0.3 is 26.0 Å². The molecule has 190 valence electrons. The monoisotopic (exact) mass is 516 g/mol. The molecule has 13 heteroatoms. The summed E-state index contributed by atoms with van der Waals surface area (Å²) in [6.45, 7) is 0.681. The first-order chi connectivity index (χ1) is 17.4. The maximum Gasteiger partial charge on any atom is 0.294 e. The molecule has 11 nitrogen and oxygen atoms in total. The quantitative estimate of drug-likeness (QED) is 0.240. The van der Waals surface area contributed by atoms with Crippen LogP contribution in [0.5, 0.6) is 5.75 Å². The van der Waals surface area contributed by atoms with Crippen LogP contribution in [-0.4, -0.2) is 65.2 Å². The number of ether oxygens (including phenoxy) is 1. The minimum absolute atomic E-state index is 0.117. The maximum atomic E-state index is 12.5. The number of rotatable bonds is 12. The third kappa shape index (κ3) is 6.55. The number of likely N-dealkylation sites (N-methyl/N-ethyl adjacent to an activating group) is 1. The lowest BCUT2D eigenvalue weighted by molar-refractivity contribution is -0.383. The fourth-order valence-electron chi connectivity index (χ4n) is 3.31. The van der Waals surface area contributed by atoms with Crippen molar-refractivity contribution in [2.45, 2.75) is 0 Å². The van der Waals surface area contributed by atoms with Gasteiger partial charge in [0.25, 0.3) is 5.69 Å². The van der Waals surface area contributed by atoms with E-state index in [0.29, 0.717) is 35.8 Å². The Labute approximate surface area is 212 Å². The van der Waals surface area contributed by atoms with Crippen molar-refractivity contribution in [1.82, 2.24) is 19.9 Å². The number of nitrogens with two attached hydrogens (primary N) is 1. The first-order valence-corrected chi connectivity index (χ1v) is 11.2. The number of methoxy groups -OCH3 is 1. The Morgan fingerprint density at radius 2 is 2.11 bits per heavy atom. The summed E-state index contributed by atoms with van der Waals surface area (Å²) in [5.41, 5.74) is 7.57. The molecule has 3 aromatic rings. The molecule has 0 atom stereocenters. The van der Waals surface area contributed by atoms with Gasteiger partial charge in [-0.1, -0.05) is 17.7 Å². The standard InChI is InChI=1S/C23H26ClFN8O3/c1-32(9-6-25)10-8-28-18-12-21(36-2)19(11-20(18)33(34)35)30-23-29-14-16(24)22(31-23)15(13-26)17-5-3-4-7-27-17/h3-5,7,11-14,28H,6,8-10,26H2,1-2H3,(H,29,30,31). The molecular weight excluding hydrogens is 491 g/mol. The number of nitrogens with zero attached hydrogens (tertiary/aromatic N) is 5. The molecule has 0 fully saturated rings. The summed E-state index contributed by atoms with van der Waals surface area (Å²) in [7, 11) is 3.21. The molecule has 0 radical (unpaired) electrons. The second kappa shape index (κ2) is 12.6. The number of halogens is 2. The van der Waals surface area contributed by atoms with Crippen LogP contribution >= 0.6 is 11.6 Å². The number of nitrogens with one attached hydrogen (secondary N) is 2. The van der Waals surface area contributed by atoms with Crippen molar-refractivity contribution in [1.29, 1.82) is 0 Å². The van der Waals surface area contributed by atoms with Gasteiger partial charge >= 0.3 is 0 Å². The van der Waals surface area contributed by atoms with Gasteiger partial charge in [0, 0.05) is 49.7 Å². The number of hydrogen-bond acceptors (Lipinski definition) is 10. The largest absolute Gasteiger partial charge is 0.494 e. The van der Waals surface area contributed by atoms with Gasteiger partial charge in [0.15, 0.2) is 0 Å². The van der Waals surface area contributed by atoms with Gasteiger partial charge in [0.2, 0.25) is 5.95 Å². The van der Waals surface area contributed by atoms with E-state index in [2.05, 4.69) is 25.6 Å². The lowest BCUT2D eigenvalue weighted by atomic mass is 10.1. The summed E-state index contributed by atoms with van der Waals surface area (Å²) < 4.78 is 17.9. The number of pyridine rings is 1. The minimum Gasteiger partial charge on any atom is -0.494 e. The molecule has 0 aliphatic heterocycles. The number of alkyl halides is 1. The van der Waals surface area contributed by atoms with Crippen LogP contribution < -0.4 is 21.1 Å². The molecule has 0 aliphatic rings. The number of aromatic nitrogens is 3. The first kappa shape index (κ1) is 26.6. The fourth-order valence-corrected chi connectivity index (χ4v) is 3.50. The van der Waals surface area contributed by atoms with Crippen LogP contribution in [0.1, 0.15) is 11.4 Å². The molecule has 3 rings (SSSR count). The van der Waals surface area contributed by atoms with Crippen molar-refractivity contribution < 1.29 is 14.1 Å². The van der Waals surface area contributed by atoms with Crippen molar-refractivity contribution in [2.75, 3.05) is 51.1 Å². The number of hydrogen-bond donors (Lipinski definition) is 3. The van der Waals surface area contributed by atoms with Crippen LogP contribution in [0, 0.1) is 10.1 Å². The molecule has 36 heavy (non-hydrogen) atoms. The molecule has 4 N–H and O–H groups in total. The van der Waals surface area contributed by atoms with Crippen LogP contribution in [0.15, 0.2) is 48.9 Å². The minimum atomic E-state index is -0.511. The van der Waals surface area contributed by atoms with Crippen molar-refractivity contribution in [2.24, 2.45) is 5.73 Å². The van der Waals surface area contributed by atoms with Gasteiger partial charge in [-0.15, -0.1) is 0 Å². The highest BCUT2D eigenvalue weighted by atomic mass is 35.5. The van der Waals surface area contributed by atoms with E-state index in [1.807, 2.05) is 0 Å². The molecule has 0 bridgehead atoms. The highest BCUT2D eigenvalue weighted by Gasteiger charge is 2.21. The summed E-state index contributed by atoms with van der Waals surface area (Å²) >= 11 is 6.34. The van der Waals surface area contributed by atoms with Gasteiger partial charge in [-0.25, -0.2) is 14.4 Å². The van der Waals surface area contributed by atoms with Crippen LogP contribution in [0.2, 0.25) is 5.02 Å². The Balaban J connectivity index is 1.91. The zero-order chi connectivity index (χ0) is 26.1. The van der Waals surface area contributed by atoms with Crippen LogP contribution in [-0.2, 0) is 0 Å². The summed E-state index contributed by atoms with van der Waals surface area (Å²) in [5, 5.41) is 18.0. The third-order valence-electron chi connectivity index (χ3n) is 5.14. The van der Waals surface area contributed by atoms with Crippen molar-refractivity contribution >= 4 is 40.2 Å².